The van der Waals surface area contributed by atoms with E-state index < -0.39 is 0 Å². The minimum atomic E-state index is -0.0553. The van der Waals surface area contributed by atoms with E-state index in [9.17, 15) is 0 Å². The van der Waals surface area contributed by atoms with Crippen LogP contribution in [0.5, 0.6) is 0 Å². The molecule has 2 N–H and O–H groups in total. The molecule has 1 saturated heterocycles. The monoisotopic (exact) mass is 364 g/mol. The zero-order valence-corrected chi connectivity index (χ0v) is 15.8. The smallest absolute Gasteiger partial charge is 0.161 e. The van der Waals surface area contributed by atoms with Crippen LogP contribution >= 0.6 is 0 Å². The molecule has 142 valence electrons. The molecule has 4 saturated carbocycles. The number of para-hydroxylation sites is 1. The molecule has 1 aromatic carbocycles. The molecule has 1 aromatic heterocycles. The Balaban J connectivity index is 1.39. The first-order chi connectivity index (χ1) is 13.3. The first kappa shape index (κ1) is 16.3. The maximum Gasteiger partial charge on any atom is 0.161 e. The topological polar surface area (TPSA) is 59.1 Å². The highest BCUT2D eigenvalue weighted by atomic mass is 16.5. The van der Waals surface area contributed by atoms with Crippen molar-refractivity contribution in [1.29, 1.82) is 0 Å². The van der Waals surface area contributed by atoms with Gasteiger partial charge in [-0.15, -0.1) is 0 Å². The molecule has 7 rings (SSSR count). The summed E-state index contributed by atoms with van der Waals surface area (Å²) in [4.78, 5) is 9.85. The molecular formula is C22H28N4O. The zero-order valence-electron chi connectivity index (χ0n) is 15.8. The number of benzene rings is 1. The van der Waals surface area contributed by atoms with Crippen molar-refractivity contribution < 1.29 is 4.74 Å². The number of hydrogen-bond acceptors (Lipinski definition) is 5. The zero-order chi connectivity index (χ0) is 17.8. The third-order valence-corrected chi connectivity index (χ3v) is 7.26. The van der Waals surface area contributed by atoms with Crippen LogP contribution in [0.15, 0.2) is 24.3 Å². The van der Waals surface area contributed by atoms with Gasteiger partial charge in [0.2, 0.25) is 0 Å². The molecule has 2 aromatic rings. The molecule has 5 aliphatic rings. The molecule has 27 heavy (non-hydrogen) atoms. The van der Waals surface area contributed by atoms with Gasteiger partial charge in [0.25, 0.3) is 0 Å². The van der Waals surface area contributed by atoms with E-state index in [0.29, 0.717) is 0 Å². The summed E-state index contributed by atoms with van der Waals surface area (Å²) in [5.41, 5.74) is 1.26. The van der Waals surface area contributed by atoms with Gasteiger partial charge in [0, 0.05) is 24.0 Å². The predicted octanol–water partition coefficient (Wildman–Crippen LogP) is 3.67. The number of morpholine rings is 1. The Labute approximate surface area is 160 Å². The molecule has 5 heteroatoms. The molecule has 5 nitrogen and oxygen atoms in total. The van der Waals surface area contributed by atoms with E-state index in [1.54, 1.807) is 0 Å². The van der Waals surface area contributed by atoms with E-state index in [1.165, 1.54) is 38.5 Å². The SMILES string of the molecule is c1ccc2c(NC34CC5CC(CC(C5)C3)C4)nc(C3CNCCO3)nc2c1. The first-order valence-electron chi connectivity index (χ1n) is 10.6. The van der Waals surface area contributed by atoms with E-state index in [-0.39, 0.29) is 11.6 Å². The lowest BCUT2D eigenvalue weighted by Gasteiger charge is -2.57. The van der Waals surface area contributed by atoms with Crippen LogP contribution in [0.3, 0.4) is 0 Å². The molecule has 5 fully saturated rings. The predicted molar refractivity (Wildman–Crippen MR) is 106 cm³/mol. The summed E-state index contributed by atoms with van der Waals surface area (Å²) in [6.07, 6.45) is 8.26. The standard InChI is InChI=1S/C22H28N4O/c1-2-4-18-17(3-1)20(25-21(24-18)19-13-23-5-6-27-19)26-22-10-14-7-15(11-22)9-16(8-14)12-22/h1-4,14-16,19,23H,5-13H2,(H,24,25,26). The van der Waals surface area contributed by atoms with Crippen LogP contribution in [0.2, 0.25) is 0 Å². The number of rotatable bonds is 3. The van der Waals surface area contributed by atoms with Gasteiger partial charge in [-0.3, -0.25) is 0 Å². The molecule has 0 amide bonds. The molecule has 2 heterocycles. The van der Waals surface area contributed by atoms with Gasteiger partial charge < -0.3 is 15.4 Å². The fraction of sp³-hybridized carbons (Fsp3) is 0.636. The summed E-state index contributed by atoms with van der Waals surface area (Å²) in [5, 5.41) is 8.52. The summed E-state index contributed by atoms with van der Waals surface area (Å²) >= 11 is 0. The lowest BCUT2D eigenvalue weighted by molar-refractivity contribution is 0.0103. The number of nitrogens with one attached hydrogen (secondary N) is 2. The largest absolute Gasteiger partial charge is 0.368 e. The maximum absolute atomic E-state index is 5.95. The molecule has 1 unspecified atom stereocenters. The summed E-state index contributed by atoms with van der Waals surface area (Å²) in [7, 11) is 0. The molecule has 0 spiro atoms. The highest BCUT2D eigenvalue weighted by Gasteiger charge is 2.51. The van der Waals surface area contributed by atoms with Gasteiger partial charge in [-0.2, -0.15) is 0 Å². The minimum absolute atomic E-state index is 0.0553. The number of hydrogen-bond donors (Lipinski definition) is 2. The van der Waals surface area contributed by atoms with Crippen LogP contribution in [-0.2, 0) is 4.74 Å². The average Bonchev–Trinajstić information content (AvgIpc) is 2.67. The Kier molecular flexibility index (Phi) is 3.70. The van der Waals surface area contributed by atoms with Crippen LogP contribution < -0.4 is 10.6 Å². The van der Waals surface area contributed by atoms with Crippen molar-refractivity contribution in [3.8, 4) is 0 Å². The molecule has 4 aliphatic carbocycles. The second-order valence-corrected chi connectivity index (χ2v) is 9.33. The highest BCUT2D eigenvalue weighted by Crippen LogP contribution is 2.56. The van der Waals surface area contributed by atoms with Gasteiger partial charge in [0.15, 0.2) is 5.82 Å². The third-order valence-electron chi connectivity index (χ3n) is 7.26. The highest BCUT2D eigenvalue weighted by molar-refractivity contribution is 5.89. The van der Waals surface area contributed by atoms with Crippen molar-refractivity contribution in [2.75, 3.05) is 25.0 Å². The van der Waals surface area contributed by atoms with Gasteiger partial charge in [-0.05, 0) is 68.4 Å². The Morgan fingerprint density at radius 1 is 1.00 bits per heavy atom. The van der Waals surface area contributed by atoms with E-state index >= 15 is 0 Å². The summed E-state index contributed by atoms with van der Waals surface area (Å²) in [6, 6.07) is 8.41. The summed E-state index contributed by atoms with van der Waals surface area (Å²) in [6.45, 7) is 2.41. The van der Waals surface area contributed by atoms with Crippen molar-refractivity contribution in [2.45, 2.75) is 50.2 Å². The van der Waals surface area contributed by atoms with E-state index in [2.05, 4.69) is 34.9 Å². The van der Waals surface area contributed by atoms with Gasteiger partial charge in [-0.25, -0.2) is 9.97 Å². The van der Waals surface area contributed by atoms with E-state index in [1.807, 2.05) is 0 Å². The van der Waals surface area contributed by atoms with Crippen LogP contribution in [0.25, 0.3) is 10.9 Å². The lowest BCUT2D eigenvalue weighted by Crippen LogP contribution is -2.55. The van der Waals surface area contributed by atoms with Crippen LogP contribution in [0.4, 0.5) is 5.82 Å². The average molecular weight is 364 g/mol. The number of ether oxygens (including phenoxy) is 1. The van der Waals surface area contributed by atoms with Gasteiger partial charge in [-0.1, -0.05) is 12.1 Å². The van der Waals surface area contributed by atoms with Crippen molar-refractivity contribution in [1.82, 2.24) is 15.3 Å². The van der Waals surface area contributed by atoms with Crippen LogP contribution in [-0.4, -0.2) is 35.2 Å². The van der Waals surface area contributed by atoms with Crippen molar-refractivity contribution in [3.63, 3.8) is 0 Å². The van der Waals surface area contributed by atoms with Gasteiger partial charge >= 0.3 is 0 Å². The molecule has 0 radical (unpaired) electrons. The second-order valence-electron chi connectivity index (χ2n) is 9.33. The van der Waals surface area contributed by atoms with Crippen molar-refractivity contribution in [2.24, 2.45) is 17.8 Å². The molecule has 1 aliphatic heterocycles. The normalized spacial score (nSPS) is 37.6. The molecule has 1 atom stereocenters. The Morgan fingerprint density at radius 2 is 1.74 bits per heavy atom. The number of fused-ring (bicyclic) bond motifs is 1. The van der Waals surface area contributed by atoms with Gasteiger partial charge in [0.1, 0.15) is 11.9 Å². The van der Waals surface area contributed by atoms with E-state index in [0.717, 1.165) is 60.0 Å². The Morgan fingerprint density at radius 3 is 2.44 bits per heavy atom. The Hall–Kier alpha value is -1.72. The molecular weight excluding hydrogens is 336 g/mol. The fourth-order valence-corrected chi connectivity index (χ4v) is 6.58. The fourth-order valence-electron chi connectivity index (χ4n) is 6.58. The number of nitrogens with zero attached hydrogens (tertiary/aromatic N) is 2. The van der Waals surface area contributed by atoms with Gasteiger partial charge in [0.05, 0.1) is 12.1 Å². The van der Waals surface area contributed by atoms with E-state index in [4.69, 9.17) is 14.7 Å². The summed E-state index contributed by atoms with van der Waals surface area (Å²) in [5.74, 6) is 4.59. The second kappa shape index (κ2) is 6.14. The molecule has 4 bridgehead atoms. The van der Waals surface area contributed by atoms with Crippen molar-refractivity contribution >= 4 is 16.7 Å². The maximum atomic E-state index is 5.95. The number of anilines is 1. The first-order valence-corrected chi connectivity index (χ1v) is 10.6. The Bertz CT molecular complexity index is 825. The minimum Gasteiger partial charge on any atom is -0.368 e. The van der Waals surface area contributed by atoms with Crippen molar-refractivity contribution in [3.05, 3.63) is 30.1 Å². The number of aromatic nitrogens is 2. The van der Waals surface area contributed by atoms with Crippen LogP contribution in [0, 0.1) is 17.8 Å². The summed E-state index contributed by atoms with van der Waals surface area (Å²) < 4.78 is 5.95. The third kappa shape index (κ3) is 2.83. The quantitative estimate of drug-likeness (QED) is 0.870. The lowest BCUT2D eigenvalue weighted by atomic mass is 9.53. The van der Waals surface area contributed by atoms with Crippen LogP contribution in [0.1, 0.15) is 50.5 Å².